The van der Waals surface area contributed by atoms with Gasteiger partial charge in [0.15, 0.2) is 5.78 Å². The van der Waals surface area contributed by atoms with Gasteiger partial charge in [-0.25, -0.2) is 4.39 Å². The van der Waals surface area contributed by atoms with E-state index in [0.717, 1.165) is 37.5 Å². The molecule has 29 heavy (non-hydrogen) atoms. The van der Waals surface area contributed by atoms with Gasteiger partial charge in [-0.3, -0.25) is 4.79 Å². The van der Waals surface area contributed by atoms with Crippen molar-refractivity contribution in [1.82, 2.24) is 4.57 Å². The largest absolute Gasteiger partial charge is 0.387 e. The number of nitrogens with zero attached hydrogens (tertiary/aromatic N) is 1. The van der Waals surface area contributed by atoms with Crippen LogP contribution in [0.2, 0.25) is 0 Å². The second-order valence-corrected chi connectivity index (χ2v) is 11.0. The van der Waals surface area contributed by atoms with Crippen LogP contribution < -0.4 is 0 Å². The van der Waals surface area contributed by atoms with E-state index in [9.17, 15) is 14.3 Å². The number of halogens is 1. The van der Waals surface area contributed by atoms with Crippen LogP contribution in [0, 0.1) is 40.9 Å². The average molecular weight is 402 g/mol. The minimum atomic E-state index is -1.06. The van der Waals surface area contributed by atoms with Crippen molar-refractivity contribution < 1.29 is 14.3 Å². The maximum absolute atomic E-state index is 13.4. The predicted molar refractivity (Wildman–Crippen MR) is 111 cm³/mol. The lowest BCUT2D eigenvalue weighted by Crippen LogP contribution is -2.52. The highest BCUT2D eigenvalue weighted by molar-refractivity contribution is 5.82. The number of aromatic nitrogens is 1. The Morgan fingerprint density at radius 3 is 2.55 bits per heavy atom. The van der Waals surface area contributed by atoms with Crippen molar-refractivity contribution in [2.75, 3.05) is 6.67 Å². The minimum Gasteiger partial charge on any atom is -0.387 e. The van der Waals surface area contributed by atoms with E-state index < -0.39 is 12.3 Å². The zero-order valence-corrected chi connectivity index (χ0v) is 17.7. The van der Waals surface area contributed by atoms with E-state index in [1.807, 2.05) is 29.1 Å². The Labute approximate surface area is 174 Å². The van der Waals surface area contributed by atoms with Crippen LogP contribution in [0.25, 0.3) is 0 Å². The van der Waals surface area contributed by atoms with Crippen LogP contribution in [0.1, 0.15) is 64.7 Å². The molecule has 1 aromatic rings. The summed E-state index contributed by atoms with van der Waals surface area (Å²) in [7, 11) is 0. The van der Waals surface area contributed by atoms with Crippen molar-refractivity contribution in [2.45, 2.75) is 76.9 Å². The standard InChI is InChI=1S/C25H36FNO2/c1-24-10-8-19-18-9-11-25(29,16-26)14-17(18)4-5-20(19)21(24)6-7-22(24)23(28)15-27-12-2-3-13-27/h2-3,12-13,17-22,29H,4-11,14-16H2,1H3/t17-,18-,19+,20+,21-,22+,24-,25+/m0/s1. The molecule has 0 saturated heterocycles. The molecular formula is C25H36FNO2. The molecule has 0 bridgehead atoms. The van der Waals surface area contributed by atoms with Crippen LogP contribution in [-0.2, 0) is 11.3 Å². The second kappa shape index (κ2) is 7.21. The van der Waals surface area contributed by atoms with Gasteiger partial charge in [0.05, 0.1) is 12.1 Å². The lowest BCUT2D eigenvalue weighted by molar-refractivity contribution is -0.134. The fourth-order valence-electron chi connectivity index (χ4n) is 8.38. The Morgan fingerprint density at radius 2 is 1.79 bits per heavy atom. The molecule has 0 aromatic carbocycles. The first-order valence-electron chi connectivity index (χ1n) is 11.9. The van der Waals surface area contributed by atoms with Crippen LogP contribution in [0.3, 0.4) is 0 Å². The summed E-state index contributed by atoms with van der Waals surface area (Å²) in [5, 5.41) is 10.5. The average Bonchev–Trinajstić information content (AvgIpc) is 3.34. The molecule has 4 heteroatoms. The number of hydrogen-bond donors (Lipinski definition) is 1. The summed E-state index contributed by atoms with van der Waals surface area (Å²) in [5.74, 6) is 3.93. The monoisotopic (exact) mass is 401 g/mol. The summed E-state index contributed by atoms with van der Waals surface area (Å²) in [6, 6.07) is 3.98. The number of carbonyl (C=O) groups excluding carboxylic acids is 1. The highest BCUT2D eigenvalue weighted by Gasteiger charge is 2.58. The molecule has 0 spiro atoms. The van der Waals surface area contributed by atoms with E-state index in [-0.39, 0.29) is 11.3 Å². The molecular weight excluding hydrogens is 365 g/mol. The van der Waals surface area contributed by atoms with Crippen LogP contribution in [0.5, 0.6) is 0 Å². The van der Waals surface area contributed by atoms with E-state index >= 15 is 0 Å². The molecule has 0 aliphatic heterocycles. The number of fused-ring (bicyclic) bond motifs is 5. The molecule has 4 saturated carbocycles. The SMILES string of the molecule is C[C@]12CC[C@H]3[C@@H](CC[C@H]4C[C@@](O)(CF)CC[C@@H]43)[C@@H]1CC[C@@H]2C(=O)Cn1cccc1. The first-order chi connectivity index (χ1) is 13.9. The van der Waals surface area contributed by atoms with Gasteiger partial charge < -0.3 is 9.67 Å². The van der Waals surface area contributed by atoms with Gasteiger partial charge in [-0.05, 0) is 105 Å². The lowest BCUT2D eigenvalue weighted by Gasteiger charge is -2.57. The number of Topliss-reactive ketones (excluding diaryl/α,β-unsaturated/α-hetero) is 1. The molecule has 1 aromatic heterocycles. The molecule has 3 nitrogen and oxygen atoms in total. The third kappa shape index (κ3) is 3.21. The Kier molecular flexibility index (Phi) is 4.92. The van der Waals surface area contributed by atoms with Crippen molar-refractivity contribution >= 4 is 5.78 Å². The van der Waals surface area contributed by atoms with Crippen molar-refractivity contribution in [2.24, 2.45) is 40.9 Å². The number of rotatable bonds is 4. The highest BCUT2D eigenvalue weighted by atomic mass is 19.1. The van der Waals surface area contributed by atoms with Crippen molar-refractivity contribution in [1.29, 1.82) is 0 Å². The fourth-order valence-corrected chi connectivity index (χ4v) is 8.38. The van der Waals surface area contributed by atoms with Crippen molar-refractivity contribution in [3.05, 3.63) is 24.5 Å². The Balaban J connectivity index is 1.31. The second-order valence-electron chi connectivity index (χ2n) is 11.0. The predicted octanol–water partition coefficient (Wildman–Crippen LogP) is 5.03. The van der Waals surface area contributed by atoms with Crippen LogP contribution >= 0.6 is 0 Å². The summed E-state index contributed by atoms with van der Waals surface area (Å²) in [6.07, 6.45) is 13.3. The quantitative estimate of drug-likeness (QED) is 0.769. The summed E-state index contributed by atoms with van der Waals surface area (Å²) in [4.78, 5) is 13.2. The van der Waals surface area contributed by atoms with Gasteiger partial charge in [0.2, 0.25) is 0 Å². The first-order valence-corrected chi connectivity index (χ1v) is 11.9. The normalized spacial score (nSPS) is 46.6. The van der Waals surface area contributed by atoms with E-state index in [4.69, 9.17) is 0 Å². The molecule has 4 aliphatic rings. The Morgan fingerprint density at radius 1 is 1.03 bits per heavy atom. The lowest BCUT2D eigenvalue weighted by atomic mass is 9.49. The first kappa shape index (κ1) is 19.8. The number of hydrogen-bond acceptors (Lipinski definition) is 2. The zero-order valence-electron chi connectivity index (χ0n) is 17.7. The molecule has 160 valence electrons. The third-order valence-electron chi connectivity index (χ3n) is 9.75. The van der Waals surface area contributed by atoms with E-state index in [1.54, 1.807) is 0 Å². The molecule has 5 rings (SSSR count). The Hall–Kier alpha value is -1.16. The van der Waals surface area contributed by atoms with Crippen LogP contribution in [0.4, 0.5) is 4.39 Å². The number of carbonyl (C=O) groups is 1. The minimum absolute atomic E-state index is 0.159. The molecule has 1 N–H and O–H groups in total. The molecule has 0 unspecified atom stereocenters. The van der Waals surface area contributed by atoms with Gasteiger partial charge in [-0.15, -0.1) is 0 Å². The molecule has 0 radical (unpaired) electrons. The molecule has 8 atom stereocenters. The van der Waals surface area contributed by atoms with Gasteiger partial charge in [0.25, 0.3) is 0 Å². The van der Waals surface area contributed by atoms with Gasteiger partial charge in [-0.1, -0.05) is 6.92 Å². The molecule has 4 fully saturated rings. The summed E-state index contributed by atoms with van der Waals surface area (Å²) < 4.78 is 15.4. The highest BCUT2D eigenvalue weighted by Crippen LogP contribution is 2.64. The van der Waals surface area contributed by atoms with Crippen molar-refractivity contribution in [3.63, 3.8) is 0 Å². The van der Waals surface area contributed by atoms with E-state index in [2.05, 4.69) is 6.92 Å². The fraction of sp³-hybridized carbons (Fsp3) is 0.800. The molecule has 0 amide bonds. The maximum atomic E-state index is 13.4. The van der Waals surface area contributed by atoms with Gasteiger partial charge in [-0.2, -0.15) is 0 Å². The summed E-state index contributed by atoms with van der Waals surface area (Å²) in [5.41, 5.74) is -0.896. The van der Waals surface area contributed by atoms with Gasteiger partial charge in [0, 0.05) is 18.3 Å². The van der Waals surface area contributed by atoms with Crippen molar-refractivity contribution in [3.8, 4) is 0 Å². The maximum Gasteiger partial charge on any atom is 0.156 e. The number of aliphatic hydroxyl groups is 1. The number of alkyl halides is 1. The third-order valence-corrected chi connectivity index (χ3v) is 9.75. The van der Waals surface area contributed by atoms with E-state index in [1.165, 1.54) is 19.3 Å². The van der Waals surface area contributed by atoms with Gasteiger partial charge in [0.1, 0.15) is 6.67 Å². The summed E-state index contributed by atoms with van der Waals surface area (Å²) >= 11 is 0. The summed E-state index contributed by atoms with van der Waals surface area (Å²) in [6.45, 7) is 2.34. The Bertz CT molecular complexity index is 748. The number of ketones is 1. The van der Waals surface area contributed by atoms with Crippen LogP contribution in [0.15, 0.2) is 24.5 Å². The topological polar surface area (TPSA) is 42.2 Å². The van der Waals surface area contributed by atoms with Gasteiger partial charge >= 0.3 is 0 Å². The van der Waals surface area contributed by atoms with E-state index in [0.29, 0.717) is 42.9 Å². The van der Waals surface area contributed by atoms with Crippen LogP contribution in [-0.4, -0.2) is 27.7 Å². The molecule has 4 aliphatic carbocycles. The zero-order chi connectivity index (χ0) is 20.2. The molecule has 1 heterocycles. The smallest absolute Gasteiger partial charge is 0.156 e.